The van der Waals surface area contributed by atoms with Gasteiger partial charge < -0.3 is 4.90 Å². The number of halogens is 3. The van der Waals surface area contributed by atoms with Gasteiger partial charge in [0.05, 0.1) is 11.0 Å². The van der Waals surface area contributed by atoms with E-state index in [9.17, 15) is 18.0 Å². The van der Waals surface area contributed by atoms with Crippen LogP contribution >= 0.6 is 0 Å². The van der Waals surface area contributed by atoms with Crippen molar-refractivity contribution in [1.29, 1.82) is 0 Å². The van der Waals surface area contributed by atoms with E-state index in [1.165, 1.54) is 6.07 Å². The SMILES string of the molecule is CC(C)[C@]1(C(=O)N2CCc3ncc(C(F)(F)F)cc3C2)CCC(N2CCC(c3ccccn3)C2)C1. The molecule has 0 radical (unpaired) electrons. The Morgan fingerprint density at radius 2 is 2.00 bits per heavy atom. The van der Waals surface area contributed by atoms with Crippen LogP contribution < -0.4 is 0 Å². The van der Waals surface area contributed by atoms with Gasteiger partial charge in [0.2, 0.25) is 5.91 Å². The first-order valence-corrected chi connectivity index (χ1v) is 12.7. The fraction of sp³-hybridized carbons (Fsp3) is 0.593. The summed E-state index contributed by atoms with van der Waals surface area (Å²) in [5.41, 5.74) is 1.10. The third-order valence-corrected chi connectivity index (χ3v) is 8.55. The number of rotatable bonds is 4. The van der Waals surface area contributed by atoms with E-state index in [1.807, 2.05) is 18.3 Å². The maximum Gasteiger partial charge on any atom is 0.417 e. The Hall–Kier alpha value is -2.48. The van der Waals surface area contributed by atoms with E-state index in [1.54, 1.807) is 4.90 Å². The van der Waals surface area contributed by atoms with E-state index >= 15 is 0 Å². The van der Waals surface area contributed by atoms with E-state index in [4.69, 9.17) is 0 Å². The first-order chi connectivity index (χ1) is 16.7. The van der Waals surface area contributed by atoms with E-state index in [2.05, 4.69) is 34.8 Å². The third-order valence-electron chi connectivity index (χ3n) is 8.55. The minimum atomic E-state index is -4.44. The molecule has 1 saturated carbocycles. The summed E-state index contributed by atoms with van der Waals surface area (Å²) >= 11 is 0. The van der Waals surface area contributed by atoms with Crippen LogP contribution in [0.5, 0.6) is 0 Å². The lowest BCUT2D eigenvalue weighted by atomic mass is 9.74. The molecule has 1 aliphatic carbocycles. The molecule has 3 atom stereocenters. The maximum absolute atomic E-state index is 14.0. The number of pyridine rings is 2. The molecule has 0 aromatic carbocycles. The van der Waals surface area contributed by atoms with Crippen molar-refractivity contribution in [3.63, 3.8) is 0 Å². The lowest BCUT2D eigenvalue weighted by Gasteiger charge is -2.40. The van der Waals surface area contributed by atoms with Crippen molar-refractivity contribution in [2.45, 2.75) is 70.6 Å². The molecule has 2 aromatic heterocycles. The molecule has 5 rings (SSSR count). The molecule has 0 bridgehead atoms. The molecular weight excluding hydrogens is 453 g/mol. The third kappa shape index (κ3) is 4.57. The van der Waals surface area contributed by atoms with Crippen LogP contribution in [0.3, 0.4) is 0 Å². The van der Waals surface area contributed by atoms with Crippen molar-refractivity contribution < 1.29 is 18.0 Å². The number of aromatic nitrogens is 2. The molecule has 8 heteroatoms. The predicted octanol–water partition coefficient (Wildman–Crippen LogP) is 5.06. The normalized spacial score (nSPS) is 27.4. The molecule has 2 aromatic rings. The summed E-state index contributed by atoms with van der Waals surface area (Å²) in [6.07, 6.45) is 2.49. The van der Waals surface area contributed by atoms with Gasteiger partial charge in [-0.25, -0.2) is 0 Å². The van der Waals surface area contributed by atoms with Gasteiger partial charge in [0.1, 0.15) is 0 Å². The topological polar surface area (TPSA) is 49.3 Å². The number of hydrogen-bond donors (Lipinski definition) is 0. The standard InChI is InChI=1S/C27H33F3N4O/c1-18(2)26(9-6-22(14-26)33-11-7-19(16-33)23-5-3-4-10-31-23)25(35)34-12-8-24-20(17-34)13-21(15-32-24)27(28,29)30/h3-5,10,13,15,18-19,22H,6-9,11-12,14,16-17H2,1-2H3/t19?,22?,26-/m0/s1. The van der Waals surface area contributed by atoms with Crippen molar-refractivity contribution in [2.75, 3.05) is 19.6 Å². The van der Waals surface area contributed by atoms with E-state index < -0.39 is 17.2 Å². The highest BCUT2D eigenvalue weighted by molar-refractivity contribution is 5.83. The van der Waals surface area contributed by atoms with Crippen LogP contribution in [0.4, 0.5) is 13.2 Å². The second kappa shape index (κ2) is 9.19. The van der Waals surface area contributed by atoms with Gasteiger partial charge in [-0.3, -0.25) is 19.7 Å². The molecule has 2 unspecified atom stereocenters. The van der Waals surface area contributed by atoms with E-state index in [0.717, 1.165) is 50.7 Å². The molecule has 5 nitrogen and oxygen atoms in total. The summed E-state index contributed by atoms with van der Waals surface area (Å²) < 4.78 is 39.7. The van der Waals surface area contributed by atoms with Crippen LogP contribution in [0.2, 0.25) is 0 Å². The zero-order chi connectivity index (χ0) is 24.8. The smallest absolute Gasteiger partial charge is 0.337 e. The Morgan fingerprint density at radius 3 is 2.71 bits per heavy atom. The van der Waals surface area contributed by atoms with Crippen LogP contribution in [-0.2, 0) is 23.9 Å². The van der Waals surface area contributed by atoms with Crippen molar-refractivity contribution in [3.8, 4) is 0 Å². The summed E-state index contributed by atoms with van der Waals surface area (Å²) in [4.78, 5) is 26.9. The maximum atomic E-state index is 14.0. The number of hydrogen-bond acceptors (Lipinski definition) is 4. The fourth-order valence-corrected chi connectivity index (χ4v) is 6.37. The largest absolute Gasteiger partial charge is 0.417 e. The Kier molecular flexibility index (Phi) is 6.36. The Morgan fingerprint density at radius 1 is 1.17 bits per heavy atom. The van der Waals surface area contributed by atoms with Crippen molar-refractivity contribution >= 4 is 5.91 Å². The number of amides is 1. The fourth-order valence-electron chi connectivity index (χ4n) is 6.37. The van der Waals surface area contributed by atoms with Gasteiger partial charge in [0.15, 0.2) is 0 Å². The second-order valence-corrected chi connectivity index (χ2v) is 10.7. The predicted molar refractivity (Wildman–Crippen MR) is 126 cm³/mol. The van der Waals surface area contributed by atoms with Gasteiger partial charge in [-0.2, -0.15) is 13.2 Å². The van der Waals surface area contributed by atoms with Crippen LogP contribution in [0.25, 0.3) is 0 Å². The van der Waals surface area contributed by atoms with Crippen LogP contribution in [0.15, 0.2) is 36.7 Å². The zero-order valence-electron chi connectivity index (χ0n) is 20.4. The number of likely N-dealkylation sites (tertiary alicyclic amines) is 1. The number of fused-ring (bicyclic) bond motifs is 1. The number of nitrogens with zero attached hydrogens (tertiary/aromatic N) is 4. The van der Waals surface area contributed by atoms with Gasteiger partial charge in [0.25, 0.3) is 0 Å². The van der Waals surface area contributed by atoms with E-state index in [0.29, 0.717) is 36.2 Å². The van der Waals surface area contributed by atoms with Crippen molar-refractivity contribution in [1.82, 2.24) is 19.8 Å². The average molecular weight is 487 g/mol. The molecular formula is C27H33F3N4O. The first kappa shape index (κ1) is 24.2. The highest BCUT2D eigenvalue weighted by Gasteiger charge is 2.51. The van der Waals surface area contributed by atoms with Crippen molar-refractivity contribution in [3.05, 3.63) is 59.2 Å². The van der Waals surface area contributed by atoms with Gasteiger partial charge in [-0.15, -0.1) is 0 Å². The average Bonchev–Trinajstić information content (AvgIpc) is 3.51. The molecule has 1 saturated heterocycles. The van der Waals surface area contributed by atoms with Gasteiger partial charge in [0, 0.05) is 61.8 Å². The van der Waals surface area contributed by atoms with Crippen LogP contribution in [-0.4, -0.2) is 51.4 Å². The summed E-state index contributed by atoms with van der Waals surface area (Å²) in [6, 6.07) is 7.59. The Bertz CT molecular complexity index is 1070. The lowest BCUT2D eigenvalue weighted by molar-refractivity contribution is -0.146. The lowest BCUT2D eigenvalue weighted by Crippen LogP contribution is -2.48. The van der Waals surface area contributed by atoms with Crippen LogP contribution in [0.1, 0.15) is 68.0 Å². The minimum Gasteiger partial charge on any atom is -0.337 e. The van der Waals surface area contributed by atoms with Crippen LogP contribution in [0, 0.1) is 11.3 Å². The quantitative estimate of drug-likeness (QED) is 0.606. The summed E-state index contributed by atoms with van der Waals surface area (Å²) in [5.74, 6) is 0.684. The number of carbonyl (C=O) groups excluding carboxylic acids is 1. The monoisotopic (exact) mass is 486 g/mol. The second-order valence-electron chi connectivity index (χ2n) is 10.7. The van der Waals surface area contributed by atoms with E-state index in [-0.39, 0.29) is 18.4 Å². The van der Waals surface area contributed by atoms with Gasteiger partial charge in [-0.05, 0) is 61.9 Å². The first-order valence-electron chi connectivity index (χ1n) is 12.7. The summed E-state index contributed by atoms with van der Waals surface area (Å²) in [5, 5.41) is 0. The molecule has 3 aliphatic rings. The molecule has 35 heavy (non-hydrogen) atoms. The number of carbonyl (C=O) groups is 1. The van der Waals surface area contributed by atoms with Gasteiger partial charge >= 0.3 is 6.18 Å². The zero-order valence-corrected chi connectivity index (χ0v) is 20.4. The molecule has 2 aliphatic heterocycles. The van der Waals surface area contributed by atoms with Crippen molar-refractivity contribution in [2.24, 2.45) is 11.3 Å². The number of alkyl halides is 3. The molecule has 188 valence electrons. The summed E-state index contributed by atoms with van der Waals surface area (Å²) in [7, 11) is 0. The molecule has 4 heterocycles. The molecule has 2 fully saturated rings. The molecule has 0 spiro atoms. The molecule has 0 N–H and O–H groups in total. The summed E-state index contributed by atoms with van der Waals surface area (Å²) in [6.45, 7) is 6.92. The molecule has 1 amide bonds. The highest BCUT2D eigenvalue weighted by Crippen LogP contribution is 2.49. The van der Waals surface area contributed by atoms with Gasteiger partial charge in [-0.1, -0.05) is 19.9 Å². The Labute approximate surface area is 204 Å². The highest BCUT2D eigenvalue weighted by atomic mass is 19.4. The Balaban J connectivity index is 1.30. The minimum absolute atomic E-state index is 0.0959.